The fourth-order valence-electron chi connectivity index (χ4n) is 2.46. The van der Waals surface area contributed by atoms with Gasteiger partial charge in [0.05, 0.1) is 6.61 Å². The highest BCUT2D eigenvalue weighted by molar-refractivity contribution is 5.67. The zero-order valence-corrected chi connectivity index (χ0v) is 16.1. The second-order valence-corrected chi connectivity index (χ2v) is 7.46. The SMILES string of the molecule is Cc1ccc(CCC(NC(=O)OC(C)(C)C)OCc2ccccc2)cc1. The summed E-state index contributed by atoms with van der Waals surface area (Å²) in [7, 11) is 0. The number of rotatable bonds is 7. The predicted molar refractivity (Wildman–Crippen MR) is 104 cm³/mol. The van der Waals surface area contributed by atoms with Crippen LogP contribution in [0.2, 0.25) is 0 Å². The number of carbonyl (C=O) groups excluding carboxylic acids is 1. The zero-order chi connectivity index (χ0) is 19.0. The van der Waals surface area contributed by atoms with Crippen molar-refractivity contribution in [3.63, 3.8) is 0 Å². The van der Waals surface area contributed by atoms with Gasteiger partial charge in [-0.2, -0.15) is 0 Å². The van der Waals surface area contributed by atoms with Crippen molar-refractivity contribution in [1.29, 1.82) is 0 Å². The van der Waals surface area contributed by atoms with Gasteiger partial charge in [-0.25, -0.2) is 4.79 Å². The van der Waals surface area contributed by atoms with Crippen LogP contribution in [0.15, 0.2) is 54.6 Å². The predicted octanol–water partition coefficient (Wildman–Crippen LogP) is 5.00. The number of benzene rings is 2. The summed E-state index contributed by atoms with van der Waals surface area (Å²) in [4.78, 5) is 12.1. The number of alkyl carbamates (subject to hydrolysis) is 1. The average Bonchev–Trinajstić information content (AvgIpc) is 2.58. The van der Waals surface area contributed by atoms with Crippen LogP contribution < -0.4 is 5.32 Å². The van der Waals surface area contributed by atoms with E-state index in [0.717, 1.165) is 12.0 Å². The first-order chi connectivity index (χ1) is 12.3. The third kappa shape index (κ3) is 7.70. The van der Waals surface area contributed by atoms with Gasteiger partial charge in [0.2, 0.25) is 0 Å². The Bertz CT molecular complexity index is 675. The largest absolute Gasteiger partial charge is 0.444 e. The normalized spacial score (nSPS) is 12.5. The maximum Gasteiger partial charge on any atom is 0.409 e. The molecule has 0 aliphatic heterocycles. The summed E-state index contributed by atoms with van der Waals surface area (Å²) >= 11 is 0. The number of aryl methyl sites for hydroxylation is 2. The molecule has 0 aromatic heterocycles. The Morgan fingerprint density at radius 2 is 1.65 bits per heavy atom. The second kappa shape index (κ2) is 9.39. The van der Waals surface area contributed by atoms with Gasteiger partial charge in [0, 0.05) is 0 Å². The minimum atomic E-state index is -0.537. The topological polar surface area (TPSA) is 47.6 Å². The molecule has 0 bridgehead atoms. The summed E-state index contributed by atoms with van der Waals surface area (Å²) in [5.74, 6) is 0. The molecule has 0 heterocycles. The minimum Gasteiger partial charge on any atom is -0.444 e. The number of ether oxygens (including phenoxy) is 2. The van der Waals surface area contributed by atoms with Crippen LogP contribution in [0.25, 0.3) is 0 Å². The van der Waals surface area contributed by atoms with Crippen LogP contribution in [0.5, 0.6) is 0 Å². The number of nitrogens with one attached hydrogen (secondary N) is 1. The molecule has 1 N–H and O–H groups in total. The van der Waals surface area contributed by atoms with Crippen LogP contribution in [-0.4, -0.2) is 17.9 Å². The van der Waals surface area contributed by atoms with Gasteiger partial charge < -0.3 is 9.47 Å². The van der Waals surface area contributed by atoms with Gasteiger partial charge >= 0.3 is 6.09 Å². The molecule has 4 nitrogen and oxygen atoms in total. The summed E-state index contributed by atoms with van der Waals surface area (Å²) < 4.78 is 11.3. The molecule has 0 saturated heterocycles. The van der Waals surface area contributed by atoms with Crippen molar-refractivity contribution in [3.05, 3.63) is 71.3 Å². The lowest BCUT2D eigenvalue weighted by atomic mass is 10.1. The Morgan fingerprint density at radius 1 is 1.00 bits per heavy atom. The van der Waals surface area contributed by atoms with Crippen molar-refractivity contribution >= 4 is 6.09 Å². The van der Waals surface area contributed by atoms with E-state index in [-0.39, 0.29) is 0 Å². The standard InChI is InChI=1S/C22H29NO3/c1-17-10-12-18(13-11-17)14-15-20(23-21(24)26-22(2,3)4)25-16-19-8-6-5-7-9-19/h5-13,20H,14-16H2,1-4H3,(H,23,24). The molecule has 4 heteroatoms. The summed E-state index contributed by atoms with van der Waals surface area (Å²) in [6.07, 6.45) is 0.621. The van der Waals surface area contributed by atoms with Gasteiger partial charge in [-0.15, -0.1) is 0 Å². The smallest absolute Gasteiger partial charge is 0.409 e. The lowest BCUT2D eigenvalue weighted by Gasteiger charge is -2.24. The Labute approximate surface area is 156 Å². The lowest BCUT2D eigenvalue weighted by Crippen LogP contribution is -2.40. The third-order valence-corrected chi connectivity index (χ3v) is 3.79. The molecular weight excluding hydrogens is 326 g/mol. The van der Waals surface area contributed by atoms with Crippen LogP contribution in [0.1, 0.15) is 43.9 Å². The van der Waals surface area contributed by atoms with Gasteiger partial charge in [-0.05, 0) is 51.7 Å². The summed E-state index contributed by atoms with van der Waals surface area (Å²) in [5.41, 5.74) is 2.98. The Hall–Kier alpha value is -2.33. The van der Waals surface area contributed by atoms with Crippen LogP contribution >= 0.6 is 0 Å². The van der Waals surface area contributed by atoms with E-state index in [9.17, 15) is 4.79 Å². The van der Waals surface area contributed by atoms with Crippen LogP contribution in [0, 0.1) is 6.92 Å². The van der Waals surface area contributed by atoms with Gasteiger partial charge in [0.25, 0.3) is 0 Å². The number of amides is 1. The molecule has 1 atom stereocenters. The molecule has 0 saturated carbocycles. The van der Waals surface area contributed by atoms with Gasteiger partial charge in [0.1, 0.15) is 11.8 Å². The molecule has 0 spiro atoms. The molecule has 1 unspecified atom stereocenters. The van der Waals surface area contributed by atoms with E-state index in [1.165, 1.54) is 11.1 Å². The van der Waals surface area contributed by atoms with E-state index in [2.05, 4.69) is 36.5 Å². The average molecular weight is 355 g/mol. The maximum absolute atomic E-state index is 12.1. The van der Waals surface area contributed by atoms with Crippen molar-refractivity contribution in [3.8, 4) is 0 Å². The van der Waals surface area contributed by atoms with Crippen molar-refractivity contribution in [2.24, 2.45) is 0 Å². The molecule has 26 heavy (non-hydrogen) atoms. The molecule has 140 valence electrons. The fraction of sp³-hybridized carbons (Fsp3) is 0.409. The van der Waals surface area contributed by atoms with Gasteiger partial charge in [0.15, 0.2) is 0 Å². The van der Waals surface area contributed by atoms with Crippen molar-refractivity contribution in [1.82, 2.24) is 5.32 Å². The zero-order valence-electron chi connectivity index (χ0n) is 16.1. The maximum atomic E-state index is 12.1. The monoisotopic (exact) mass is 355 g/mol. The Morgan fingerprint density at radius 3 is 2.27 bits per heavy atom. The van der Waals surface area contributed by atoms with Crippen LogP contribution in [0.4, 0.5) is 4.79 Å². The highest BCUT2D eigenvalue weighted by Crippen LogP contribution is 2.12. The number of hydrogen-bond acceptors (Lipinski definition) is 3. The minimum absolute atomic E-state index is 0.411. The molecule has 0 fully saturated rings. The number of carbonyl (C=O) groups is 1. The molecule has 1 amide bonds. The number of hydrogen-bond donors (Lipinski definition) is 1. The first-order valence-corrected chi connectivity index (χ1v) is 9.02. The Balaban J connectivity index is 1.95. The Kier molecular flexibility index (Phi) is 7.22. The summed E-state index contributed by atoms with van der Waals surface area (Å²) in [6.45, 7) is 8.05. The summed E-state index contributed by atoms with van der Waals surface area (Å²) in [6, 6.07) is 18.3. The molecule has 0 aliphatic rings. The van der Waals surface area contributed by atoms with Crippen molar-refractivity contribution in [2.45, 2.75) is 59.0 Å². The molecule has 0 radical (unpaired) electrons. The van der Waals surface area contributed by atoms with Gasteiger partial charge in [-0.1, -0.05) is 60.2 Å². The first-order valence-electron chi connectivity index (χ1n) is 9.02. The highest BCUT2D eigenvalue weighted by atomic mass is 16.6. The molecule has 2 aromatic rings. The molecular formula is C22H29NO3. The van der Waals surface area contributed by atoms with Gasteiger partial charge in [-0.3, -0.25) is 5.32 Å². The molecule has 0 aliphatic carbocycles. The molecule has 2 aromatic carbocycles. The van der Waals surface area contributed by atoms with E-state index >= 15 is 0 Å². The van der Waals surface area contributed by atoms with E-state index in [1.807, 2.05) is 51.1 Å². The highest BCUT2D eigenvalue weighted by Gasteiger charge is 2.20. The van der Waals surface area contributed by atoms with E-state index in [0.29, 0.717) is 13.0 Å². The lowest BCUT2D eigenvalue weighted by molar-refractivity contribution is -0.00469. The van der Waals surface area contributed by atoms with Crippen LogP contribution in [0.3, 0.4) is 0 Å². The van der Waals surface area contributed by atoms with Crippen LogP contribution in [-0.2, 0) is 22.5 Å². The third-order valence-electron chi connectivity index (χ3n) is 3.79. The first kappa shape index (κ1) is 20.0. The fourth-order valence-corrected chi connectivity index (χ4v) is 2.46. The second-order valence-electron chi connectivity index (χ2n) is 7.46. The van der Waals surface area contributed by atoms with E-state index in [1.54, 1.807) is 0 Å². The van der Waals surface area contributed by atoms with Crippen molar-refractivity contribution < 1.29 is 14.3 Å². The van der Waals surface area contributed by atoms with E-state index < -0.39 is 17.9 Å². The van der Waals surface area contributed by atoms with E-state index in [4.69, 9.17) is 9.47 Å². The molecule has 2 rings (SSSR count). The van der Waals surface area contributed by atoms with Crippen molar-refractivity contribution in [2.75, 3.05) is 0 Å². The summed E-state index contributed by atoms with van der Waals surface area (Å²) in [5, 5.41) is 2.84. The quantitative estimate of drug-likeness (QED) is 0.711.